The lowest BCUT2D eigenvalue weighted by Gasteiger charge is -2.21. The molecule has 3 aliphatic rings. The molecule has 5 rings (SSSR count). The van der Waals surface area contributed by atoms with Crippen molar-refractivity contribution in [2.45, 2.75) is 25.3 Å². The largest absolute Gasteiger partial charge is 0.341 e. The lowest BCUT2D eigenvalue weighted by molar-refractivity contribution is 0.0960. The van der Waals surface area contributed by atoms with Gasteiger partial charge in [0.05, 0.1) is 6.04 Å². The van der Waals surface area contributed by atoms with Crippen molar-refractivity contribution in [1.82, 2.24) is 10.2 Å². The zero-order chi connectivity index (χ0) is 19.5. The van der Waals surface area contributed by atoms with Crippen LogP contribution in [0, 0.1) is 11.2 Å². The van der Waals surface area contributed by atoms with Gasteiger partial charge in [0.2, 0.25) is 0 Å². The fourth-order valence-corrected chi connectivity index (χ4v) is 4.55. The van der Waals surface area contributed by atoms with Crippen molar-refractivity contribution < 1.29 is 14.0 Å². The summed E-state index contributed by atoms with van der Waals surface area (Å²) in [5.41, 5.74) is 2.43. The second-order valence-corrected chi connectivity index (χ2v) is 8.35. The normalized spacial score (nSPS) is 21.6. The summed E-state index contributed by atoms with van der Waals surface area (Å²) in [6.07, 6.45) is 3.43. The maximum Gasteiger partial charge on any atom is 0.321 e. The molecule has 1 saturated heterocycles. The van der Waals surface area contributed by atoms with Gasteiger partial charge in [-0.2, -0.15) is 0 Å². The second kappa shape index (κ2) is 6.21. The number of likely N-dealkylation sites (tertiary alicyclic amines) is 1. The number of nitrogens with one attached hydrogen (secondary N) is 2. The molecule has 144 valence electrons. The monoisotopic (exact) mass is 399 g/mol. The average Bonchev–Trinajstić information content (AvgIpc) is 3.15. The third kappa shape index (κ3) is 2.83. The first-order valence-electron chi connectivity index (χ1n) is 9.40. The fraction of sp³-hybridized carbons (Fsp3) is 0.333. The molecule has 0 aromatic heterocycles. The molecular weight excluding hydrogens is 381 g/mol. The zero-order valence-electron chi connectivity index (χ0n) is 15.1. The van der Waals surface area contributed by atoms with Crippen molar-refractivity contribution in [2.75, 3.05) is 18.4 Å². The summed E-state index contributed by atoms with van der Waals surface area (Å²) in [5, 5.41) is 6.17. The molecule has 7 heteroatoms. The number of anilines is 1. The first-order valence-corrected chi connectivity index (χ1v) is 9.78. The lowest BCUT2D eigenvalue weighted by atomic mass is 9.96. The zero-order valence-corrected chi connectivity index (χ0v) is 15.9. The summed E-state index contributed by atoms with van der Waals surface area (Å²) in [6.45, 7) is 1.53. The molecule has 28 heavy (non-hydrogen) atoms. The summed E-state index contributed by atoms with van der Waals surface area (Å²) < 4.78 is 13.8. The van der Waals surface area contributed by atoms with E-state index in [1.807, 2.05) is 4.90 Å². The van der Waals surface area contributed by atoms with E-state index < -0.39 is 11.9 Å². The van der Waals surface area contributed by atoms with Crippen LogP contribution in [-0.4, -0.2) is 29.9 Å². The predicted octanol–water partition coefficient (Wildman–Crippen LogP) is 4.33. The maximum absolute atomic E-state index is 13.8. The fourth-order valence-electron chi connectivity index (χ4n) is 4.32. The topological polar surface area (TPSA) is 61.4 Å². The highest BCUT2D eigenvalue weighted by Crippen LogP contribution is 2.52. The number of fused-ring (bicyclic) bond motifs is 1. The summed E-state index contributed by atoms with van der Waals surface area (Å²) in [4.78, 5) is 27.1. The van der Waals surface area contributed by atoms with Gasteiger partial charge in [0, 0.05) is 40.5 Å². The standard InChI is InChI=1S/C21H19ClFN3O2/c22-15-5-4-12(23)10-14(15)18-17-13(19(27)25-18)2-1-3-16(17)24-20(28)26-9-8-21(11-26)6-7-21/h1-5,10,18H,6-9,11H2,(H,24,28)(H,25,27). The van der Waals surface area contributed by atoms with Crippen LogP contribution in [0.15, 0.2) is 36.4 Å². The van der Waals surface area contributed by atoms with Crippen LogP contribution in [0.2, 0.25) is 5.02 Å². The number of hydrogen-bond donors (Lipinski definition) is 2. The lowest BCUT2D eigenvalue weighted by Crippen LogP contribution is -2.33. The van der Waals surface area contributed by atoms with Crippen LogP contribution >= 0.6 is 11.6 Å². The molecule has 0 radical (unpaired) electrons. The Morgan fingerprint density at radius 1 is 1.25 bits per heavy atom. The van der Waals surface area contributed by atoms with Gasteiger partial charge in [-0.25, -0.2) is 9.18 Å². The van der Waals surface area contributed by atoms with Crippen LogP contribution < -0.4 is 10.6 Å². The number of hydrogen-bond acceptors (Lipinski definition) is 2. The van der Waals surface area contributed by atoms with Crippen molar-refractivity contribution in [3.63, 3.8) is 0 Å². The molecule has 2 heterocycles. The van der Waals surface area contributed by atoms with Crippen molar-refractivity contribution >= 4 is 29.2 Å². The molecule has 2 N–H and O–H groups in total. The van der Waals surface area contributed by atoms with E-state index in [0.717, 1.165) is 19.5 Å². The minimum atomic E-state index is -0.615. The number of carbonyl (C=O) groups is 2. The Bertz CT molecular complexity index is 1010. The Morgan fingerprint density at radius 3 is 2.82 bits per heavy atom. The van der Waals surface area contributed by atoms with Gasteiger partial charge in [-0.3, -0.25) is 4.79 Å². The van der Waals surface area contributed by atoms with Gasteiger partial charge in [0.25, 0.3) is 5.91 Å². The van der Waals surface area contributed by atoms with E-state index in [0.29, 0.717) is 32.8 Å². The van der Waals surface area contributed by atoms with Crippen molar-refractivity contribution in [1.29, 1.82) is 0 Å². The number of amides is 3. The van der Waals surface area contributed by atoms with E-state index in [4.69, 9.17) is 11.6 Å². The van der Waals surface area contributed by atoms with Crippen molar-refractivity contribution in [3.05, 3.63) is 63.9 Å². The average molecular weight is 400 g/mol. The van der Waals surface area contributed by atoms with E-state index in [-0.39, 0.29) is 11.9 Å². The highest BCUT2D eigenvalue weighted by atomic mass is 35.5. The summed E-state index contributed by atoms with van der Waals surface area (Å²) in [7, 11) is 0. The molecule has 1 spiro atoms. The predicted molar refractivity (Wildman–Crippen MR) is 104 cm³/mol. The summed E-state index contributed by atoms with van der Waals surface area (Å²) in [5.74, 6) is -0.704. The molecule has 3 amide bonds. The molecule has 0 bridgehead atoms. The summed E-state index contributed by atoms with van der Waals surface area (Å²) in [6, 6.07) is 8.47. The van der Waals surface area contributed by atoms with E-state index in [1.54, 1.807) is 18.2 Å². The molecule has 1 atom stereocenters. The Hall–Kier alpha value is -2.60. The summed E-state index contributed by atoms with van der Waals surface area (Å²) >= 11 is 6.28. The first-order chi connectivity index (χ1) is 13.5. The minimum Gasteiger partial charge on any atom is -0.341 e. The minimum absolute atomic E-state index is 0.166. The van der Waals surface area contributed by atoms with Gasteiger partial charge in [0.15, 0.2) is 0 Å². The quantitative estimate of drug-likeness (QED) is 0.789. The van der Waals surface area contributed by atoms with Crippen LogP contribution in [0.5, 0.6) is 0 Å². The Kier molecular flexibility index (Phi) is 3.88. The Labute approximate surface area is 166 Å². The van der Waals surface area contributed by atoms with E-state index in [1.165, 1.54) is 31.0 Å². The SMILES string of the molecule is O=C1NC(c2cc(F)ccc2Cl)c2c(NC(=O)N3CCC4(CC4)C3)cccc21. The van der Waals surface area contributed by atoms with Gasteiger partial charge < -0.3 is 15.5 Å². The molecule has 1 saturated carbocycles. The van der Waals surface area contributed by atoms with E-state index >= 15 is 0 Å². The number of benzene rings is 2. The smallest absolute Gasteiger partial charge is 0.321 e. The van der Waals surface area contributed by atoms with Crippen LogP contribution in [0.1, 0.15) is 46.8 Å². The van der Waals surface area contributed by atoms with Gasteiger partial charge in [-0.15, -0.1) is 0 Å². The van der Waals surface area contributed by atoms with Crippen LogP contribution in [-0.2, 0) is 0 Å². The molecular formula is C21H19ClFN3O2. The third-order valence-corrected chi connectivity index (χ3v) is 6.45. The van der Waals surface area contributed by atoms with Gasteiger partial charge in [-0.05, 0) is 55.0 Å². The van der Waals surface area contributed by atoms with Crippen molar-refractivity contribution in [3.8, 4) is 0 Å². The molecule has 1 unspecified atom stereocenters. The number of halogens is 2. The van der Waals surface area contributed by atoms with Crippen LogP contribution in [0.25, 0.3) is 0 Å². The molecule has 5 nitrogen and oxygen atoms in total. The Morgan fingerprint density at radius 2 is 2.07 bits per heavy atom. The molecule has 2 aromatic carbocycles. The highest BCUT2D eigenvalue weighted by molar-refractivity contribution is 6.31. The van der Waals surface area contributed by atoms with E-state index in [9.17, 15) is 14.0 Å². The van der Waals surface area contributed by atoms with Gasteiger partial charge >= 0.3 is 6.03 Å². The molecule has 2 aliphatic heterocycles. The first kappa shape index (κ1) is 17.5. The van der Waals surface area contributed by atoms with E-state index in [2.05, 4.69) is 10.6 Å². The molecule has 2 aromatic rings. The van der Waals surface area contributed by atoms with Crippen molar-refractivity contribution in [2.24, 2.45) is 5.41 Å². The number of urea groups is 1. The Balaban J connectivity index is 1.48. The van der Waals surface area contributed by atoms with Crippen LogP contribution in [0.3, 0.4) is 0 Å². The number of carbonyl (C=O) groups excluding carboxylic acids is 2. The highest BCUT2D eigenvalue weighted by Gasteiger charge is 2.49. The number of nitrogens with zero attached hydrogens (tertiary/aromatic N) is 1. The number of rotatable bonds is 2. The third-order valence-electron chi connectivity index (χ3n) is 6.11. The van der Waals surface area contributed by atoms with Gasteiger partial charge in [-0.1, -0.05) is 17.7 Å². The second-order valence-electron chi connectivity index (χ2n) is 7.94. The van der Waals surface area contributed by atoms with Crippen LogP contribution in [0.4, 0.5) is 14.9 Å². The van der Waals surface area contributed by atoms with Gasteiger partial charge in [0.1, 0.15) is 5.82 Å². The molecule has 1 aliphatic carbocycles. The molecule has 2 fully saturated rings. The maximum atomic E-state index is 13.8.